The molecule has 0 amide bonds. The second-order valence-corrected chi connectivity index (χ2v) is 30.6. The van der Waals surface area contributed by atoms with Crippen LogP contribution in [0.3, 0.4) is 0 Å². The molecule has 428 valence electrons. The normalized spacial score (nSPS) is 13.7. The van der Waals surface area contributed by atoms with E-state index in [1.807, 2.05) is 11.3 Å². The van der Waals surface area contributed by atoms with Crippen LogP contribution in [0.5, 0.6) is 0 Å². The molecule has 0 saturated carbocycles. The molecule has 0 spiro atoms. The highest BCUT2D eigenvalue weighted by Gasteiger charge is 2.48. The van der Waals surface area contributed by atoms with E-state index in [9.17, 15) is 0 Å². The molecule has 0 unspecified atom stereocenters. The van der Waals surface area contributed by atoms with Gasteiger partial charge >= 0.3 is 6.85 Å². The molecule has 14 rings (SSSR count). The van der Waals surface area contributed by atoms with Gasteiger partial charge in [-0.3, -0.25) is 0 Å². The van der Waals surface area contributed by atoms with Crippen LogP contribution in [0.2, 0.25) is 0 Å². The summed E-state index contributed by atoms with van der Waals surface area (Å²) in [6.45, 7) is 34.4. The Morgan fingerprint density at radius 3 is 1.51 bits per heavy atom. The maximum Gasteiger partial charge on any atom is 0.333 e. The summed E-state index contributed by atoms with van der Waals surface area (Å²) in [5.41, 5.74) is 24.6. The minimum atomic E-state index is -0.227. The summed E-state index contributed by atoms with van der Waals surface area (Å²) in [7, 11) is 0. The molecule has 0 saturated heterocycles. The average Bonchev–Trinajstić information content (AvgIpc) is 1.11. The van der Waals surface area contributed by atoms with Crippen molar-refractivity contribution in [2.45, 2.75) is 131 Å². The number of rotatable bonds is 6. The molecule has 6 heteroatoms. The van der Waals surface area contributed by atoms with Crippen molar-refractivity contribution in [3.8, 4) is 22.3 Å². The molecule has 0 aliphatic carbocycles. The number of nitrogens with zero attached hydrogens (tertiary/aromatic N) is 3. The van der Waals surface area contributed by atoms with E-state index in [0.29, 0.717) is 0 Å². The van der Waals surface area contributed by atoms with Gasteiger partial charge in [-0.15, -0.1) is 11.3 Å². The van der Waals surface area contributed by atoms with Crippen LogP contribution in [0.15, 0.2) is 205 Å². The number of fused-ring (bicyclic) bond motifs is 11. The molecule has 4 heterocycles. The smallest absolute Gasteiger partial charge is 0.333 e. The molecule has 4 nitrogen and oxygen atoms in total. The molecule has 0 fully saturated rings. The SMILES string of the molecule is CC(C)(C)c1ccc(N2B3c4cc(C(C)(C)C)ccc4N(c4ccc(C(C)(C)C)cc4-c4ccccc4)c4cc5c(oc6ccccc65)c(c43)-c3cc4c(cc32)sc2cc(N(c3ccc(C(C)(C)C)cc3)c3ccc(C(C)(C)C)cc3)ccc24)cc1. The third kappa shape index (κ3) is 9.25. The first-order valence-corrected chi connectivity index (χ1v) is 31.7. The predicted octanol–water partition coefficient (Wildman–Crippen LogP) is 22.3. The molecule has 10 aromatic carbocycles. The highest BCUT2D eigenvalue weighted by atomic mass is 32.1. The Hall–Kier alpha value is -8.32. The van der Waals surface area contributed by atoms with E-state index in [0.717, 1.165) is 61.6 Å². The van der Waals surface area contributed by atoms with Gasteiger partial charge in [-0.2, -0.15) is 0 Å². The van der Waals surface area contributed by atoms with Gasteiger partial charge in [0.05, 0.1) is 5.69 Å². The van der Waals surface area contributed by atoms with Crippen molar-refractivity contribution < 1.29 is 4.42 Å². The van der Waals surface area contributed by atoms with Crippen molar-refractivity contribution in [3.63, 3.8) is 0 Å². The van der Waals surface area contributed by atoms with Crippen LogP contribution in [0.25, 0.3) is 64.4 Å². The van der Waals surface area contributed by atoms with Gasteiger partial charge in [-0.05, 0) is 162 Å². The molecule has 2 aliphatic rings. The Labute approximate surface area is 513 Å². The molecule has 2 aromatic heterocycles. The van der Waals surface area contributed by atoms with E-state index >= 15 is 0 Å². The van der Waals surface area contributed by atoms with E-state index in [1.54, 1.807) is 0 Å². The van der Waals surface area contributed by atoms with E-state index < -0.39 is 0 Å². The van der Waals surface area contributed by atoms with Crippen LogP contribution in [0.4, 0.5) is 45.5 Å². The van der Waals surface area contributed by atoms with Gasteiger partial charge in [-0.25, -0.2) is 0 Å². The monoisotopic (exact) mass is 1140 g/mol. The minimum Gasteiger partial charge on any atom is -0.455 e. The summed E-state index contributed by atoms with van der Waals surface area (Å²) in [6, 6.07) is 76.7. The maximum atomic E-state index is 7.35. The first-order chi connectivity index (χ1) is 40.8. The lowest BCUT2D eigenvalue weighted by Gasteiger charge is -2.46. The van der Waals surface area contributed by atoms with Gasteiger partial charge in [0.1, 0.15) is 11.2 Å². The lowest BCUT2D eigenvalue weighted by molar-refractivity contribution is 0.590. The Balaban J connectivity index is 1.07. The van der Waals surface area contributed by atoms with Crippen LogP contribution in [0, 0.1) is 0 Å². The average molecular weight is 1140 g/mol. The fourth-order valence-corrected chi connectivity index (χ4v) is 14.6. The molecule has 0 bridgehead atoms. The minimum absolute atomic E-state index is 0.0209. The molecule has 2 aliphatic heterocycles. The van der Waals surface area contributed by atoms with Crippen LogP contribution in [0.1, 0.15) is 132 Å². The lowest BCUT2D eigenvalue weighted by Crippen LogP contribution is -2.61. The van der Waals surface area contributed by atoms with E-state index in [2.05, 4.69) is 319 Å². The Morgan fingerprint density at radius 1 is 0.384 bits per heavy atom. The number of furan rings is 1. The van der Waals surface area contributed by atoms with Crippen LogP contribution in [-0.4, -0.2) is 6.85 Å². The van der Waals surface area contributed by atoms with Gasteiger partial charge in [0.25, 0.3) is 0 Å². The highest BCUT2D eigenvalue weighted by molar-refractivity contribution is 7.26. The van der Waals surface area contributed by atoms with Gasteiger partial charge < -0.3 is 19.0 Å². The fraction of sp³-hybridized carbons (Fsp3) is 0.250. The Morgan fingerprint density at radius 2 is 0.907 bits per heavy atom. The second kappa shape index (κ2) is 19.6. The van der Waals surface area contributed by atoms with Crippen LogP contribution >= 0.6 is 11.3 Å². The van der Waals surface area contributed by atoms with E-state index in [-0.39, 0.29) is 33.9 Å². The first-order valence-electron chi connectivity index (χ1n) is 30.8. The third-order valence-corrected chi connectivity index (χ3v) is 19.5. The zero-order valence-electron chi connectivity index (χ0n) is 52.8. The summed E-state index contributed by atoms with van der Waals surface area (Å²) >= 11 is 1.89. The number of para-hydroxylation sites is 1. The van der Waals surface area contributed by atoms with Crippen molar-refractivity contribution in [3.05, 3.63) is 228 Å². The standard InChI is InChI=1S/C80H78BN3OS/c1-76(2,3)50-25-33-55(34-26-50)82(56-35-27-51(28-36-56)77(4,5)6)58-39-40-60-62-46-64-68(48-72(62)86-71(60)45-58)84(57-37-29-52(30-38-57)78(7,8)9)81-65-44-54(80(13,14)15)32-42-67(65)83(66-41-31-53(79(10,11)12)43-61(66)49-21-17-16-18-22-49)69-47-63-59-23-19-20-24-70(59)85-75(63)73(64)74(69)81/h16-48H,1-15H3. The van der Waals surface area contributed by atoms with Crippen molar-refractivity contribution in [2.75, 3.05) is 14.6 Å². The predicted molar refractivity (Wildman–Crippen MR) is 374 cm³/mol. The second-order valence-electron chi connectivity index (χ2n) is 29.5. The molecular weight excluding hydrogens is 1060 g/mol. The van der Waals surface area contributed by atoms with Crippen LogP contribution in [-0.2, 0) is 27.1 Å². The summed E-state index contributed by atoms with van der Waals surface area (Å²) in [6.07, 6.45) is 0. The van der Waals surface area contributed by atoms with Crippen molar-refractivity contribution in [1.82, 2.24) is 0 Å². The van der Waals surface area contributed by atoms with Gasteiger partial charge in [-0.1, -0.05) is 213 Å². The number of hydrogen-bond acceptors (Lipinski definition) is 5. The third-order valence-electron chi connectivity index (χ3n) is 18.4. The summed E-state index contributed by atoms with van der Waals surface area (Å²) < 4.78 is 9.83. The molecule has 0 atom stereocenters. The van der Waals surface area contributed by atoms with Gasteiger partial charge in [0.2, 0.25) is 0 Å². The van der Waals surface area contributed by atoms with Gasteiger partial charge in [0.15, 0.2) is 0 Å². The molecule has 0 radical (unpaired) electrons. The fourth-order valence-electron chi connectivity index (χ4n) is 13.4. The van der Waals surface area contributed by atoms with Crippen molar-refractivity contribution in [1.29, 1.82) is 0 Å². The summed E-state index contributed by atoms with van der Waals surface area (Å²) in [5, 5.41) is 4.70. The Kier molecular flexibility index (Phi) is 12.7. The zero-order chi connectivity index (χ0) is 60.1. The first kappa shape index (κ1) is 55.6. The number of anilines is 8. The maximum absolute atomic E-state index is 7.35. The van der Waals surface area contributed by atoms with Crippen molar-refractivity contribution >= 4 is 117 Å². The van der Waals surface area contributed by atoms with Crippen molar-refractivity contribution in [2.24, 2.45) is 0 Å². The van der Waals surface area contributed by atoms with Gasteiger partial charge in [0, 0.05) is 87.4 Å². The number of benzene rings is 10. The van der Waals surface area contributed by atoms with E-state index in [1.165, 1.54) is 87.0 Å². The summed E-state index contributed by atoms with van der Waals surface area (Å²) in [4.78, 5) is 7.73. The zero-order valence-corrected chi connectivity index (χ0v) is 53.6. The molecular formula is C80H78BN3OS. The van der Waals surface area contributed by atoms with E-state index in [4.69, 9.17) is 4.42 Å². The molecule has 86 heavy (non-hydrogen) atoms. The largest absolute Gasteiger partial charge is 0.455 e. The quantitative estimate of drug-likeness (QED) is 0.155. The molecule has 12 aromatic rings. The highest BCUT2D eigenvalue weighted by Crippen LogP contribution is 2.55. The van der Waals surface area contributed by atoms with Crippen LogP contribution < -0.4 is 25.5 Å². The lowest BCUT2D eigenvalue weighted by atomic mass is 9.43. The Bertz CT molecular complexity index is 4590. The number of thiophene rings is 1. The number of hydrogen-bond donors (Lipinski definition) is 0. The topological polar surface area (TPSA) is 22.9 Å². The molecule has 0 N–H and O–H groups in total. The summed E-state index contributed by atoms with van der Waals surface area (Å²) in [5.74, 6) is 0.